The minimum absolute atomic E-state index is 0.575. The van der Waals surface area contributed by atoms with Crippen LogP contribution in [0.3, 0.4) is 0 Å². The van der Waals surface area contributed by atoms with Crippen molar-refractivity contribution in [3.8, 4) is 23.0 Å². The van der Waals surface area contributed by atoms with Crippen molar-refractivity contribution >= 4 is 0 Å². The van der Waals surface area contributed by atoms with Crippen molar-refractivity contribution in [2.24, 2.45) is 0 Å². The second-order valence-corrected chi connectivity index (χ2v) is 2.36. The van der Waals surface area contributed by atoms with Crippen LogP contribution in [0, 0.1) is 0 Å². The van der Waals surface area contributed by atoms with Crippen LogP contribution in [0.1, 0.15) is 0 Å². The van der Waals surface area contributed by atoms with Gasteiger partial charge in [-0.3, -0.25) is 0 Å². The number of hydrogen-bond donors (Lipinski definition) is 3. The van der Waals surface area contributed by atoms with Gasteiger partial charge in [0.25, 0.3) is 0 Å². The summed E-state index contributed by atoms with van der Waals surface area (Å²) < 4.78 is 38.4. The van der Waals surface area contributed by atoms with E-state index in [1.54, 1.807) is 0 Å². The Morgan fingerprint density at radius 1 is 1.00 bits per heavy atom. The van der Waals surface area contributed by atoms with Crippen molar-refractivity contribution in [1.82, 2.24) is 0 Å². The van der Waals surface area contributed by atoms with E-state index in [9.17, 15) is 13.2 Å². The molecule has 0 saturated heterocycles. The zero-order valence-corrected chi connectivity index (χ0v) is 6.54. The predicted molar refractivity (Wildman–Crippen MR) is 38.1 cm³/mol. The number of rotatable bonds is 1. The lowest BCUT2D eigenvalue weighted by Crippen LogP contribution is -2.17. The van der Waals surface area contributed by atoms with E-state index >= 15 is 0 Å². The summed E-state index contributed by atoms with van der Waals surface area (Å²) in [5, 5.41) is 26.5. The molecule has 0 radical (unpaired) electrons. The first-order valence-corrected chi connectivity index (χ1v) is 3.30. The highest BCUT2D eigenvalue weighted by atomic mass is 19.4. The average Bonchev–Trinajstić information content (AvgIpc) is 1.95. The van der Waals surface area contributed by atoms with E-state index in [1.807, 2.05) is 0 Å². The summed E-state index contributed by atoms with van der Waals surface area (Å²) in [6, 6.07) is 1.22. The van der Waals surface area contributed by atoms with Crippen LogP contribution in [0.15, 0.2) is 12.1 Å². The highest BCUT2D eigenvalue weighted by Gasteiger charge is 2.33. The van der Waals surface area contributed by atoms with E-state index < -0.39 is 29.4 Å². The maximum atomic E-state index is 11.7. The van der Waals surface area contributed by atoms with Crippen LogP contribution < -0.4 is 4.74 Å². The third kappa shape index (κ3) is 2.35. The normalized spacial score (nSPS) is 11.4. The van der Waals surface area contributed by atoms with Crippen LogP contribution in [-0.4, -0.2) is 21.7 Å². The van der Waals surface area contributed by atoms with E-state index in [-0.39, 0.29) is 0 Å². The molecule has 1 rings (SSSR count). The van der Waals surface area contributed by atoms with Crippen LogP contribution >= 0.6 is 0 Å². The van der Waals surface area contributed by atoms with E-state index in [2.05, 4.69) is 4.74 Å². The Balaban J connectivity index is 3.09. The number of alkyl halides is 3. The zero-order chi connectivity index (χ0) is 10.9. The van der Waals surface area contributed by atoms with Crippen LogP contribution in [0.25, 0.3) is 0 Å². The summed E-state index contributed by atoms with van der Waals surface area (Å²) in [5.41, 5.74) is 0. The summed E-state index contributed by atoms with van der Waals surface area (Å²) in [4.78, 5) is 0. The van der Waals surface area contributed by atoms with Crippen LogP contribution in [0.4, 0.5) is 13.2 Å². The standard InChI is InChI=1S/C7H5F3O4/c8-7(9,10)14-6-4(12)1-3(11)2-5(6)13/h1-2,11-13H. The topological polar surface area (TPSA) is 69.9 Å². The third-order valence-corrected chi connectivity index (χ3v) is 1.25. The number of halogens is 3. The Hall–Kier alpha value is -1.79. The molecule has 0 atom stereocenters. The monoisotopic (exact) mass is 210 g/mol. The van der Waals surface area contributed by atoms with Crippen molar-refractivity contribution in [2.45, 2.75) is 6.36 Å². The molecule has 0 aliphatic heterocycles. The molecule has 0 bridgehead atoms. The van der Waals surface area contributed by atoms with E-state index in [1.165, 1.54) is 0 Å². The van der Waals surface area contributed by atoms with Crippen LogP contribution in [0.5, 0.6) is 23.0 Å². The van der Waals surface area contributed by atoms with Gasteiger partial charge in [-0.25, -0.2) is 0 Å². The lowest BCUT2D eigenvalue weighted by atomic mass is 10.3. The number of ether oxygens (including phenoxy) is 1. The minimum Gasteiger partial charge on any atom is -0.508 e. The maximum absolute atomic E-state index is 11.7. The molecule has 0 fully saturated rings. The van der Waals surface area contributed by atoms with Gasteiger partial charge in [-0.05, 0) is 0 Å². The van der Waals surface area contributed by atoms with Gasteiger partial charge in [0.1, 0.15) is 5.75 Å². The third-order valence-electron chi connectivity index (χ3n) is 1.25. The van der Waals surface area contributed by atoms with Gasteiger partial charge >= 0.3 is 6.36 Å². The van der Waals surface area contributed by atoms with Gasteiger partial charge < -0.3 is 20.1 Å². The lowest BCUT2D eigenvalue weighted by molar-refractivity contribution is -0.275. The molecule has 78 valence electrons. The molecule has 0 aromatic heterocycles. The Morgan fingerprint density at radius 2 is 1.43 bits per heavy atom. The van der Waals surface area contributed by atoms with Gasteiger partial charge in [0.15, 0.2) is 11.5 Å². The van der Waals surface area contributed by atoms with Crippen molar-refractivity contribution in [3.05, 3.63) is 12.1 Å². The van der Waals surface area contributed by atoms with Gasteiger partial charge in [-0.15, -0.1) is 13.2 Å². The molecule has 0 saturated carbocycles. The van der Waals surface area contributed by atoms with E-state index in [4.69, 9.17) is 15.3 Å². The minimum atomic E-state index is -5.02. The number of aromatic hydroxyl groups is 3. The fourth-order valence-corrected chi connectivity index (χ4v) is 0.804. The first-order valence-electron chi connectivity index (χ1n) is 3.30. The Morgan fingerprint density at radius 3 is 1.79 bits per heavy atom. The van der Waals surface area contributed by atoms with Gasteiger partial charge in [0.05, 0.1) is 0 Å². The van der Waals surface area contributed by atoms with E-state index in [0.29, 0.717) is 12.1 Å². The van der Waals surface area contributed by atoms with Crippen molar-refractivity contribution in [2.75, 3.05) is 0 Å². The SMILES string of the molecule is Oc1cc(O)c(OC(F)(F)F)c(O)c1. The molecule has 0 heterocycles. The number of benzene rings is 1. The Labute approximate surface area is 75.8 Å². The highest BCUT2D eigenvalue weighted by Crippen LogP contribution is 2.41. The molecule has 1 aromatic carbocycles. The molecule has 0 aliphatic carbocycles. The van der Waals surface area contributed by atoms with E-state index in [0.717, 1.165) is 0 Å². The summed E-state index contributed by atoms with van der Waals surface area (Å²) in [7, 11) is 0. The predicted octanol–water partition coefficient (Wildman–Crippen LogP) is 1.70. The Bertz CT molecular complexity index is 324. The molecule has 7 heteroatoms. The van der Waals surface area contributed by atoms with Crippen LogP contribution in [0.2, 0.25) is 0 Å². The summed E-state index contributed by atoms with van der Waals surface area (Å²) in [6.07, 6.45) is -5.02. The lowest BCUT2D eigenvalue weighted by Gasteiger charge is -2.11. The van der Waals surface area contributed by atoms with Crippen molar-refractivity contribution < 1.29 is 33.2 Å². The molecular formula is C7H5F3O4. The van der Waals surface area contributed by atoms with Gasteiger partial charge in [-0.2, -0.15) is 0 Å². The summed E-state index contributed by atoms with van der Waals surface area (Å²) in [5.74, 6) is -3.72. The highest BCUT2D eigenvalue weighted by molar-refractivity contribution is 5.53. The molecule has 1 aromatic rings. The number of hydrogen-bond acceptors (Lipinski definition) is 4. The fourth-order valence-electron chi connectivity index (χ4n) is 0.804. The van der Waals surface area contributed by atoms with Gasteiger partial charge in [0.2, 0.25) is 5.75 Å². The van der Waals surface area contributed by atoms with Crippen LogP contribution in [-0.2, 0) is 0 Å². The van der Waals surface area contributed by atoms with Gasteiger partial charge in [0, 0.05) is 12.1 Å². The second kappa shape index (κ2) is 3.17. The van der Waals surface area contributed by atoms with Crippen molar-refractivity contribution in [1.29, 1.82) is 0 Å². The molecule has 0 aliphatic rings. The molecule has 0 amide bonds. The quantitative estimate of drug-likeness (QED) is 0.659. The molecule has 0 unspecified atom stereocenters. The maximum Gasteiger partial charge on any atom is 0.573 e. The Kier molecular flexibility index (Phi) is 2.33. The number of phenolic OH excluding ortho intramolecular Hbond substituents is 3. The summed E-state index contributed by atoms with van der Waals surface area (Å²) >= 11 is 0. The zero-order valence-electron chi connectivity index (χ0n) is 6.54. The first kappa shape index (κ1) is 10.3. The molecule has 4 nitrogen and oxygen atoms in total. The molecule has 14 heavy (non-hydrogen) atoms. The largest absolute Gasteiger partial charge is 0.573 e. The second-order valence-electron chi connectivity index (χ2n) is 2.36. The molecular weight excluding hydrogens is 205 g/mol. The molecule has 3 N–H and O–H groups in total. The summed E-state index contributed by atoms with van der Waals surface area (Å²) in [6.45, 7) is 0. The average molecular weight is 210 g/mol. The number of phenols is 3. The fraction of sp³-hybridized carbons (Fsp3) is 0.143. The van der Waals surface area contributed by atoms with Crippen molar-refractivity contribution in [3.63, 3.8) is 0 Å². The molecule has 0 spiro atoms. The van der Waals surface area contributed by atoms with Gasteiger partial charge in [-0.1, -0.05) is 0 Å². The smallest absolute Gasteiger partial charge is 0.508 e. The first-order chi connectivity index (χ1) is 6.29.